The van der Waals surface area contributed by atoms with Gasteiger partial charge in [-0.15, -0.1) is 5.10 Å². The van der Waals surface area contributed by atoms with Gasteiger partial charge in [0, 0.05) is 18.8 Å². The zero-order chi connectivity index (χ0) is 18.2. The lowest BCUT2D eigenvalue weighted by atomic mass is 9.98. The van der Waals surface area contributed by atoms with Crippen LogP contribution >= 0.6 is 0 Å². The lowest BCUT2D eigenvalue weighted by Crippen LogP contribution is -2.34. The molecule has 26 heavy (non-hydrogen) atoms. The van der Waals surface area contributed by atoms with Crippen LogP contribution in [0.1, 0.15) is 44.2 Å². The quantitative estimate of drug-likeness (QED) is 0.746. The molecule has 0 saturated carbocycles. The maximum absolute atomic E-state index is 13.3. The Kier molecular flexibility index (Phi) is 7.14. The van der Waals surface area contributed by atoms with E-state index in [9.17, 15) is 4.39 Å². The highest BCUT2D eigenvalue weighted by atomic mass is 19.1. The first-order valence-corrected chi connectivity index (χ1v) is 9.76. The number of hydrogen-bond donors (Lipinski definition) is 1. The highest BCUT2D eigenvalue weighted by Crippen LogP contribution is 2.21. The van der Waals surface area contributed by atoms with E-state index in [4.69, 9.17) is 0 Å². The standard InChI is InChI=1S/C20H30FN5/c1-17-8-13-25(14-9-17)12-2-3-20(18-4-6-19(21)7-5-18)22-10-15-26-16-11-23-24-26/h4-7,11,16-17,20,22H,2-3,8-10,12-15H2,1H3. The summed E-state index contributed by atoms with van der Waals surface area (Å²) in [6, 6.07) is 7.12. The Morgan fingerprint density at radius 2 is 1.96 bits per heavy atom. The second-order valence-electron chi connectivity index (χ2n) is 7.39. The monoisotopic (exact) mass is 359 g/mol. The van der Waals surface area contributed by atoms with Crippen LogP contribution in [0.4, 0.5) is 4.39 Å². The molecule has 3 rings (SSSR count). The summed E-state index contributed by atoms with van der Waals surface area (Å²) in [6.07, 6.45) is 8.39. The molecule has 0 radical (unpaired) electrons. The van der Waals surface area contributed by atoms with Crippen LogP contribution in [0.5, 0.6) is 0 Å². The smallest absolute Gasteiger partial charge is 0.123 e. The minimum Gasteiger partial charge on any atom is -0.308 e. The van der Waals surface area contributed by atoms with Gasteiger partial charge in [-0.3, -0.25) is 4.68 Å². The zero-order valence-electron chi connectivity index (χ0n) is 15.6. The molecule has 2 heterocycles. The molecule has 1 N–H and O–H groups in total. The molecule has 1 fully saturated rings. The largest absolute Gasteiger partial charge is 0.308 e. The van der Waals surface area contributed by atoms with E-state index in [1.165, 1.54) is 25.9 Å². The van der Waals surface area contributed by atoms with Gasteiger partial charge >= 0.3 is 0 Å². The van der Waals surface area contributed by atoms with E-state index in [-0.39, 0.29) is 11.9 Å². The minimum absolute atomic E-state index is 0.183. The van der Waals surface area contributed by atoms with Gasteiger partial charge in [0.15, 0.2) is 0 Å². The second-order valence-corrected chi connectivity index (χ2v) is 7.39. The third-order valence-electron chi connectivity index (χ3n) is 5.32. The normalized spacial score (nSPS) is 17.5. The molecular formula is C20H30FN5. The third kappa shape index (κ3) is 5.88. The molecule has 2 aromatic rings. The van der Waals surface area contributed by atoms with Gasteiger partial charge in [-0.1, -0.05) is 24.3 Å². The van der Waals surface area contributed by atoms with Crippen LogP contribution in [0.15, 0.2) is 36.7 Å². The Morgan fingerprint density at radius 1 is 1.19 bits per heavy atom. The van der Waals surface area contributed by atoms with Crippen molar-refractivity contribution >= 4 is 0 Å². The number of rotatable bonds is 9. The van der Waals surface area contributed by atoms with Crippen molar-refractivity contribution in [3.05, 3.63) is 48.0 Å². The Bertz CT molecular complexity index is 620. The topological polar surface area (TPSA) is 46.0 Å². The van der Waals surface area contributed by atoms with Gasteiger partial charge in [0.2, 0.25) is 0 Å². The molecular weight excluding hydrogens is 329 g/mol. The average molecular weight is 359 g/mol. The van der Waals surface area contributed by atoms with Crippen LogP contribution in [0, 0.1) is 11.7 Å². The van der Waals surface area contributed by atoms with E-state index >= 15 is 0 Å². The van der Waals surface area contributed by atoms with E-state index in [1.807, 2.05) is 23.0 Å². The third-order valence-corrected chi connectivity index (χ3v) is 5.32. The van der Waals surface area contributed by atoms with Gasteiger partial charge in [-0.05, 0) is 68.9 Å². The molecule has 6 heteroatoms. The second kappa shape index (κ2) is 9.78. The summed E-state index contributed by atoms with van der Waals surface area (Å²) in [5, 5.41) is 11.4. The van der Waals surface area contributed by atoms with E-state index in [0.717, 1.165) is 44.0 Å². The van der Waals surface area contributed by atoms with Gasteiger partial charge < -0.3 is 10.2 Å². The first-order chi connectivity index (χ1) is 12.7. The lowest BCUT2D eigenvalue weighted by Gasteiger charge is -2.30. The summed E-state index contributed by atoms with van der Waals surface area (Å²) >= 11 is 0. The molecule has 1 aliphatic heterocycles. The molecule has 0 spiro atoms. The van der Waals surface area contributed by atoms with Crippen molar-refractivity contribution in [3.63, 3.8) is 0 Å². The molecule has 0 aliphatic carbocycles. The van der Waals surface area contributed by atoms with Crippen LogP contribution < -0.4 is 5.32 Å². The number of hydrogen-bond acceptors (Lipinski definition) is 4. The van der Waals surface area contributed by atoms with Crippen molar-refractivity contribution in [1.82, 2.24) is 25.2 Å². The fourth-order valence-electron chi connectivity index (χ4n) is 3.59. The summed E-state index contributed by atoms with van der Waals surface area (Å²) in [5.41, 5.74) is 1.15. The number of nitrogens with one attached hydrogen (secondary N) is 1. The summed E-state index contributed by atoms with van der Waals surface area (Å²) in [5.74, 6) is 0.689. The average Bonchev–Trinajstić information content (AvgIpc) is 3.16. The zero-order valence-corrected chi connectivity index (χ0v) is 15.6. The fourth-order valence-corrected chi connectivity index (χ4v) is 3.59. The number of benzene rings is 1. The molecule has 142 valence electrons. The Balaban J connectivity index is 1.49. The summed E-state index contributed by atoms with van der Waals surface area (Å²) < 4.78 is 15.1. The van der Waals surface area contributed by atoms with Gasteiger partial charge in [-0.2, -0.15) is 0 Å². The summed E-state index contributed by atoms with van der Waals surface area (Å²) in [6.45, 7) is 7.54. The number of likely N-dealkylation sites (tertiary alicyclic amines) is 1. The van der Waals surface area contributed by atoms with E-state index in [1.54, 1.807) is 18.3 Å². The Hall–Kier alpha value is -1.79. The highest BCUT2D eigenvalue weighted by molar-refractivity contribution is 5.19. The minimum atomic E-state index is -0.183. The number of halogens is 1. The van der Waals surface area contributed by atoms with Crippen LogP contribution in [0.2, 0.25) is 0 Å². The summed E-state index contributed by atoms with van der Waals surface area (Å²) in [7, 11) is 0. The molecule has 1 unspecified atom stereocenters. The number of nitrogens with zero attached hydrogens (tertiary/aromatic N) is 4. The molecule has 1 aromatic carbocycles. The Morgan fingerprint density at radius 3 is 2.65 bits per heavy atom. The van der Waals surface area contributed by atoms with E-state index < -0.39 is 0 Å². The van der Waals surface area contributed by atoms with Crippen molar-refractivity contribution in [2.45, 2.75) is 45.2 Å². The number of aromatic nitrogens is 3. The van der Waals surface area contributed by atoms with Gasteiger partial charge in [0.05, 0.1) is 12.7 Å². The van der Waals surface area contributed by atoms with Crippen molar-refractivity contribution in [2.75, 3.05) is 26.2 Å². The molecule has 5 nitrogen and oxygen atoms in total. The first-order valence-electron chi connectivity index (χ1n) is 9.76. The molecule has 1 saturated heterocycles. The predicted molar refractivity (Wildman–Crippen MR) is 101 cm³/mol. The van der Waals surface area contributed by atoms with Crippen LogP contribution in [-0.2, 0) is 6.54 Å². The van der Waals surface area contributed by atoms with Crippen molar-refractivity contribution in [3.8, 4) is 0 Å². The first kappa shape index (κ1) is 19.0. The molecule has 0 amide bonds. The van der Waals surface area contributed by atoms with E-state index in [2.05, 4.69) is 27.5 Å². The van der Waals surface area contributed by atoms with Crippen LogP contribution in [-0.4, -0.2) is 46.1 Å². The maximum atomic E-state index is 13.3. The molecule has 1 atom stereocenters. The molecule has 1 aromatic heterocycles. The fraction of sp³-hybridized carbons (Fsp3) is 0.600. The lowest BCUT2D eigenvalue weighted by molar-refractivity contribution is 0.187. The number of piperidine rings is 1. The van der Waals surface area contributed by atoms with Crippen molar-refractivity contribution < 1.29 is 4.39 Å². The molecule has 1 aliphatic rings. The van der Waals surface area contributed by atoms with Gasteiger partial charge in [-0.25, -0.2) is 4.39 Å². The van der Waals surface area contributed by atoms with Gasteiger partial charge in [0.25, 0.3) is 0 Å². The predicted octanol–water partition coefficient (Wildman–Crippen LogP) is 3.26. The van der Waals surface area contributed by atoms with Crippen molar-refractivity contribution in [2.24, 2.45) is 5.92 Å². The Labute approximate surface area is 155 Å². The van der Waals surface area contributed by atoms with Crippen molar-refractivity contribution in [1.29, 1.82) is 0 Å². The van der Waals surface area contributed by atoms with Gasteiger partial charge in [0.1, 0.15) is 5.82 Å². The van der Waals surface area contributed by atoms with E-state index in [0.29, 0.717) is 0 Å². The van der Waals surface area contributed by atoms with Crippen LogP contribution in [0.3, 0.4) is 0 Å². The SMILES string of the molecule is CC1CCN(CCCC(NCCn2ccnn2)c2ccc(F)cc2)CC1. The summed E-state index contributed by atoms with van der Waals surface area (Å²) in [4.78, 5) is 2.58. The highest BCUT2D eigenvalue weighted by Gasteiger charge is 2.16. The maximum Gasteiger partial charge on any atom is 0.123 e. The van der Waals surface area contributed by atoms with Crippen LogP contribution in [0.25, 0.3) is 0 Å². The molecule has 0 bridgehead atoms.